The van der Waals surface area contributed by atoms with Crippen LogP contribution in [0.2, 0.25) is 0 Å². The van der Waals surface area contributed by atoms with Gasteiger partial charge in [-0.3, -0.25) is 4.79 Å². The minimum absolute atomic E-state index is 0.234. The minimum atomic E-state index is -0.478. The summed E-state index contributed by atoms with van der Waals surface area (Å²) in [6, 6.07) is 0. The first-order valence-electron chi connectivity index (χ1n) is 7.58. The first kappa shape index (κ1) is 17.8. The van der Waals surface area contributed by atoms with Crippen molar-refractivity contribution in [1.29, 1.82) is 0 Å². The number of nitrogens with zero attached hydrogens (tertiary/aromatic N) is 1. The van der Waals surface area contributed by atoms with E-state index in [0.717, 1.165) is 19.3 Å². The molecule has 1 aliphatic rings. The SMILES string of the molecule is CCC1(OCCC(N)=O)CCN(C(=O)OC(C)(C)C)CC1. The second-order valence-corrected chi connectivity index (χ2v) is 6.57. The maximum Gasteiger partial charge on any atom is 0.410 e. The van der Waals surface area contributed by atoms with Crippen molar-refractivity contribution in [1.82, 2.24) is 4.90 Å². The summed E-state index contributed by atoms with van der Waals surface area (Å²) in [5.41, 5.74) is 4.39. The lowest BCUT2D eigenvalue weighted by Gasteiger charge is -2.41. The molecule has 2 amide bonds. The van der Waals surface area contributed by atoms with Gasteiger partial charge in [0.2, 0.25) is 5.91 Å². The Morgan fingerprint density at radius 3 is 2.24 bits per heavy atom. The van der Waals surface area contributed by atoms with Crippen molar-refractivity contribution in [2.45, 2.75) is 64.6 Å². The predicted molar refractivity (Wildman–Crippen MR) is 79.8 cm³/mol. The van der Waals surface area contributed by atoms with Gasteiger partial charge in [0.05, 0.1) is 12.2 Å². The molecular weight excluding hydrogens is 272 g/mol. The molecule has 1 heterocycles. The second-order valence-electron chi connectivity index (χ2n) is 6.57. The van der Waals surface area contributed by atoms with Crippen molar-refractivity contribution in [2.24, 2.45) is 5.73 Å². The zero-order valence-electron chi connectivity index (χ0n) is 13.6. The molecule has 0 atom stereocenters. The lowest BCUT2D eigenvalue weighted by atomic mass is 9.88. The third-order valence-corrected chi connectivity index (χ3v) is 3.73. The van der Waals surface area contributed by atoms with Gasteiger partial charge in [-0.05, 0) is 40.0 Å². The summed E-state index contributed by atoms with van der Waals surface area (Å²) >= 11 is 0. The van der Waals surface area contributed by atoms with Crippen LogP contribution in [0.3, 0.4) is 0 Å². The Balaban J connectivity index is 2.48. The third-order valence-electron chi connectivity index (χ3n) is 3.73. The molecule has 1 fully saturated rings. The Morgan fingerprint density at radius 1 is 1.24 bits per heavy atom. The largest absolute Gasteiger partial charge is 0.444 e. The summed E-state index contributed by atoms with van der Waals surface area (Å²) < 4.78 is 11.3. The maximum atomic E-state index is 12.0. The van der Waals surface area contributed by atoms with Gasteiger partial charge in [0, 0.05) is 19.5 Å². The van der Waals surface area contributed by atoms with E-state index in [4.69, 9.17) is 15.2 Å². The standard InChI is InChI=1S/C15H28N2O4/c1-5-15(20-11-6-12(16)18)7-9-17(10-8-15)13(19)21-14(2,3)4/h5-11H2,1-4H3,(H2,16,18). The molecule has 0 aromatic rings. The van der Waals surface area contributed by atoms with Crippen molar-refractivity contribution in [2.75, 3.05) is 19.7 Å². The van der Waals surface area contributed by atoms with Gasteiger partial charge in [0.15, 0.2) is 0 Å². The van der Waals surface area contributed by atoms with Crippen LogP contribution in [-0.2, 0) is 14.3 Å². The number of hydrogen-bond acceptors (Lipinski definition) is 4. The van der Waals surface area contributed by atoms with Crippen molar-refractivity contribution in [3.63, 3.8) is 0 Å². The summed E-state index contributed by atoms with van der Waals surface area (Å²) in [6.45, 7) is 9.20. The number of nitrogens with two attached hydrogens (primary N) is 1. The van der Waals surface area contributed by atoms with E-state index in [2.05, 4.69) is 6.92 Å². The number of piperidine rings is 1. The summed E-state index contributed by atoms with van der Waals surface area (Å²) in [4.78, 5) is 24.5. The lowest BCUT2D eigenvalue weighted by Crippen LogP contribution is -2.49. The summed E-state index contributed by atoms with van der Waals surface area (Å²) in [5.74, 6) is -0.354. The van der Waals surface area contributed by atoms with Gasteiger partial charge in [0.1, 0.15) is 5.60 Å². The van der Waals surface area contributed by atoms with E-state index in [0.29, 0.717) is 19.7 Å². The van der Waals surface area contributed by atoms with E-state index >= 15 is 0 Å². The van der Waals surface area contributed by atoms with Crippen LogP contribution in [0.1, 0.15) is 53.4 Å². The van der Waals surface area contributed by atoms with E-state index in [1.165, 1.54) is 0 Å². The Hall–Kier alpha value is -1.30. The summed E-state index contributed by atoms with van der Waals surface area (Å²) in [6.07, 6.45) is 2.32. The molecule has 1 aliphatic heterocycles. The van der Waals surface area contributed by atoms with Crippen LogP contribution >= 0.6 is 0 Å². The minimum Gasteiger partial charge on any atom is -0.444 e. The van der Waals surface area contributed by atoms with Crippen LogP contribution in [0, 0.1) is 0 Å². The molecule has 0 radical (unpaired) electrons. The van der Waals surface area contributed by atoms with Crippen LogP contribution < -0.4 is 5.73 Å². The number of rotatable bonds is 5. The zero-order valence-corrected chi connectivity index (χ0v) is 13.6. The maximum absolute atomic E-state index is 12.0. The predicted octanol–water partition coefficient (Wildman–Crippen LogP) is 2.06. The smallest absolute Gasteiger partial charge is 0.410 e. The summed E-state index contributed by atoms with van der Waals surface area (Å²) in [5, 5.41) is 0. The molecule has 0 aliphatic carbocycles. The van der Waals surface area contributed by atoms with Crippen LogP contribution in [0.15, 0.2) is 0 Å². The molecule has 2 N–H and O–H groups in total. The third kappa shape index (κ3) is 5.91. The molecule has 6 heteroatoms. The normalized spacial score (nSPS) is 18.4. The lowest BCUT2D eigenvalue weighted by molar-refractivity contribution is -0.123. The number of amides is 2. The number of likely N-dealkylation sites (tertiary alicyclic amines) is 1. The molecule has 122 valence electrons. The van der Waals surface area contributed by atoms with E-state index < -0.39 is 5.60 Å². The highest BCUT2D eigenvalue weighted by Crippen LogP contribution is 2.30. The van der Waals surface area contributed by atoms with Gasteiger partial charge in [-0.2, -0.15) is 0 Å². The zero-order chi connectivity index (χ0) is 16.1. The second kappa shape index (κ2) is 7.11. The van der Waals surface area contributed by atoms with E-state index in [-0.39, 0.29) is 24.0 Å². The average molecular weight is 300 g/mol. The topological polar surface area (TPSA) is 81.9 Å². The van der Waals surface area contributed by atoms with Gasteiger partial charge >= 0.3 is 6.09 Å². The molecule has 0 bridgehead atoms. The van der Waals surface area contributed by atoms with E-state index in [9.17, 15) is 9.59 Å². The van der Waals surface area contributed by atoms with Crippen LogP contribution in [0.4, 0.5) is 4.79 Å². The molecule has 21 heavy (non-hydrogen) atoms. The van der Waals surface area contributed by atoms with Gasteiger partial charge in [-0.1, -0.05) is 6.92 Å². The molecule has 0 spiro atoms. The van der Waals surface area contributed by atoms with Crippen LogP contribution in [-0.4, -0.2) is 47.8 Å². The van der Waals surface area contributed by atoms with Crippen LogP contribution in [0.5, 0.6) is 0 Å². The van der Waals surface area contributed by atoms with Crippen molar-refractivity contribution in [3.05, 3.63) is 0 Å². The molecule has 0 saturated carbocycles. The van der Waals surface area contributed by atoms with E-state index in [1.54, 1.807) is 4.90 Å². The molecule has 0 aromatic carbocycles. The fourth-order valence-corrected chi connectivity index (χ4v) is 2.39. The average Bonchev–Trinajstić information content (AvgIpc) is 2.37. The quantitative estimate of drug-likeness (QED) is 0.842. The molecule has 1 saturated heterocycles. The highest BCUT2D eigenvalue weighted by Gasteiger charge is 2.36. The monoisotopic (exact) mass is 300 g/mol. The highest BCUT2D eigenvalue weighted by atomic mass is 16.6. The van der Waals surface area contributed by atoms with Gasteiger partial charge in [0.25, 0.3) is 0 Å². The number of hydrogen-bond donors (Lipinski definition) is 1. The first-order chi connectivity index (χ1) is 9.67. The molecular formula is C15H28N2O4. The fourth-order valence-electron chi connectivity index (χ4n) is 2.39. The molecule has 0 unspecified atom stereocenters. The van der Waals surface area contributed by atoms with Gasteiger partial charge < -0.3 is 20.1 Å². The molecule has 1 rings (SSSR count). The van der Waals surface area contributed by atoms with Crippen LogP contribution in [0.25, 0.3) is 0 Å². The van der Waals surface area contributed by atoms with Crippen molar-refractivity contribution < 1.29 is 19.1 Å². The number of carbonyl (C=O) groups is 2. The first-order valence-corrected chi connectivity index (χ1v) is 7.58. The Kier molecular flexibility index (Phi) is 6.01. The van der Waals surface area contributed by atoms with Gasteiger partial charge in [-0.25, -0.2) is 4.79 Å². The number of carbonyl (C=O) groups excluding carboxylic acids is 2. The van der Waals surface area contributed by atoms with Crippen molar-refractivity contribution >= 4 is 12.0 Å². The summed E-state index contributed by atoms with van der Waals surface area (Å²) in [7, 11) is 0. The Morgan fingerprint density at radius 2 is 1.81 bits per heavy atom. The molecule has 6 nitrogen and oxygen atoms in total. The Labute approximate surface area is 126 Å². The molecule has 0 aromatic heterocycles. The fraction of sp³-hybridized carbons (Fsp3) is 0.867. The Bertz CT molecular complexity index is 368. The van der Waals surface area contributed by atoms with Gasteiger partial charge in [-0.15, -0.1) is 0 Å². The number of primary amides is 1. The van der Waals surface area contributed by atoms with Crippen molar-refractivity contribution in [3.8, 4) is 0 Å². The van der Waals surface area contributed by atoms with E-state index in [1.807, 2.05) is 20.8 Å². The highest BCUT2D eigenvalue weighted by molar-refractivity contribution is 5.73. The number of ether oxygens (including phenoxy) is 2.